The van der Waals surface area contributed by atoms with Crippen molar-refractivity contribution in [2.45, 2.75) is 13.0 Å². The van der Waals surface area contributed by atoms with Gasteiger partial charge in [0.1, 0.15) is 28.1 Å². The first-order valence-electron chi connectivity index (χ1n) is 9.53. The van der Waals surface area contributed by atoms with Crippen LogP contribution < -0.4 is 25.7 Å². The van der Waals surface area contributed by atoms with Crippen molar-refractivity contribution in [2.24, 2.45) is 0 Å². The molecule has 3 rings (SSSR count). The number of halogens is 1. The molecule has 9 nitrogen and oxygen atoms in total. The van der Waals surface area contributed by atoms with Crippen molar-refractivity contribution in [3.63, 3.8) is 0 Å². The summed E-state index contributed by atoms with van der Waals surface area (Å²) in [6.45, 7) is 0.662. The predicted octanol–water partition coefficient (Wildman–Crippen LogP) is 2.26. The minimum absolute atomic E-state index is 0.00724. The number of methoxy groups -OCH3 is 1. The summed E-state index contributed by atoms with van der Waals surface area (Å²) < 4.78 is 15.7. The first-order valence-corrected chi connectivity index (χ1v) is 9.91. The number of ether oxygens (including phenoxy) is 2. The molecule has 1 aromatic heterocycles. The fraction of sp³-hybridized carbons (Fsp3) is 0.227. The summed E-state index contributed by atoms with van der Waals surface area (Å²) in [5.74, 6) is -0.406. The lowest BCUT2D eigenvalue weighted by atomic mass is 10.1. The second-order valence-electron chi connectivity index (χ2n) is 6.80. The number of rotatable bonds is 8. The van der Waals surface area contributed by atoms with Gasteiger partial charge in [0.25, 0.3) is 5.91 Å². The fourth-order valence-corrected chi connectivity index (χ4v) is 3.05. The zero-order valence-corrected chi connectivity index (χ0v) is 18.1. The van der Waals surface area contributed by atoms with Crippen LogP contribution >= 0.6 is 11.6 Å². The first-order chi connectivity index (χ1) is 15.3. The number of anilines is 1. The number of aliphatic hydroxyl groups is 1. The minimum atomic E-state index is -1.18. The second-order valence-corrected chi connectivity index (χ2v) is 7.18. The molecule has 168 valence electrons. The molecule has 2 amide bonds. The molecule has 10 heteroatoms. The largest absolute Gasteiger partial charge is 0.497 e. The van der Waals surface area contributed by atoms with E-state index in [0.29, 0.717) is 22.4 Å². The number of hydrogen-bond acceptors (Lipinski definition) is 7. The van der Waals surface area contributed by atoms with E-state index in [9.17, 15) is 19.5 Å². The molecule has 0 aliphatic rings. The van der Waals surface area contributed by atoms with Gasteiger partial charge in [-0.3, -0.25) is 9.59 Å². The topological polar surface area (TPSA) is 127 Å². The fourth-order valence-electron chi connectivity index (χ4n) is 2.91. The maximum absolute atomic E-state index is 12.4. The summed E-state index contributed by atoms with van der Waals surface area (Å²) in [5, 5.41) is 15.2. The van der Waals surface area contributed by atoms with Gasteiger partial charge in [-0.1, -0.05) is 17.7 Å². The van der Waals surface area contributed by atoms with Gasteiger partial charge >= 0.3 is 5.63 Å². The number of carbonyl (C=O) groups is 2. The number of carbonyl (C=O) groups excluding carboxylic acids is 2. The highest BCUT2D eigenvalue weighted by Crippen LogP contribution is 2.25. The Balaban J connectivity index is 1.60. The Morgan fingerprint density at radius 1 is 1.19 bits per heavy atom. The van der Waals surface area contributed by atoms with Gasteiger partial charge in [0.15, 0.2) is 6.61 Å². The number of aliphatic hydroxyl groups excluding tert-OH is 1. The molecule has 0 spiro atoms. The van der Waals surface area contributed by atoms with Gasteiger partial charge in [0.05, 0.1) is 13.7 Å². The first kappa shape index (κ1) is 23.1. The normalized spacial score (nSPS) is 11.6. The molecule has 1 atom stereocenters. The van der Waals surface area contributed by atoms with E-state index in [2.05, 4.69) is 10.6 Å². The third-order valence-corrected chi connectivity index (χ3v) is 5.05. The highest BCUT2D eigenvalue weighted by molar-refractivity contribution is 6.31. The second kappa shape index (κ2) is 10.2. The Kier molecular flexibility index (Phi) is 7.34. The lowest BCUT2D eigenvalue weighted by molar-refractivity contribution is -0.128. The molecule has 0 bridgehead atoms. The Hall–Kier alpha value is -3.56. The maximum atomic E-state index is 12.4. The summed E-state index contributed by atoms with van der Waals surface area (Å²) in [7, 11) is 1.50. The number of amides is 2. The summed E-state index contributed by atoms with van der Waals surface area (Å²) in [6.07, 6.45) is 0. The van der Waals surface area contributed by atoms with E-state index >= 15 is 0 Å². The molecule has 1 unspecified atom stereocenters. The Labute approximate surface area is 187 Å². The molecule has 0 fully saturated rings. The van der Waals surface area contributed by atoms with Gasteiger partial charge in [-0.2, -0.15) is 0 Å². The van der Waals surface area contributed by atoms with Crippen LogP contribution in [0, 0.1) is 6.92 Å². The molecule has 0 saturated carbocycles. The molecule has 1 heterocycles. The summed E-state index contributed by atoms with van der Waals surface area (Å²) >= 11 is 5.90. The molecule has 3 N–H and O–H groups in total. The van der Waals surface area contributed by atoms with Crippen molar-refractivity contribution in [2.75, 3.05) is 25.6 Å². The highest BCUT2D eigenvalue weighted by atomic mass is 35.5. The third kappa shape index (κ3) is 5.37. The van der Waals surface area contributed by atoms with Crippen molar-refractivity contribution >= 4 is 40.1 Å². The maximum Gasteiger partial charge on any atom is 0.355 e. The molecule has 0 aliphatic carbocycles. The van der Waals surface area contributed by atoms with Crippen molar-refractivity contribution < 1.29 is 28.6 Å². The van der Waals surface area contributed by atoms with Crippen LogP contribution in [0.3, 0.4) is 0 Å². The quantitative estimate of drug-likeness (QED) is 0.440. The molecule has 0 saturated heterocycles. The van der Waals surface area contributed by atoms with Crippen molar-refractivity contribution in [3.05, 3.63) is 63.5 Å². The standard InChI is InChI=1S/C22H21ClN2O7/c1-12-16-7-6-15(9-18(16)32-22(29)20(12)23)31-11-19(27)25-17(10-26)21(28)24-13-4-3-5-14(8-13)30-2/h3-9,17,26H,10-11H2,1-2H3,(H,24,28)(H,25,27). The number of nitrogens with one attached hydrogen (secondary N) is 2. The van der Waals surface area contributed by atoms with Crippen molar-refractivity contribution in [3.8, 4) is 11.5 Å². The van der Waals surface area contributed by atoms with Crippen molar-refractivity contribution in [1.29, 1.82) is 0 Å². The van der Waals surface area contributed by atoms with E-state index in [1.807, 2.05) is 0 Å². The van der Waals surface area contributed by atoms with Gasteiger partial charge in [-0.25, -0.2) is 4.79 Å². The number of fused-ring (bicyclic) bond motifs is 1. The molecule has 0 aliphatic heterocycles. The summed E-state index contributed by atoms with van der Waals surface area (Å²) in [5.41, 5.74) is 0.626. The Morgan fingerprint density at radius 2 is 1.97 bits per heavy atom. The van der Waals surface area contributed by atoms with Gasteiger partial charge < -0.3 is 29.6 Å². The van der Waals surface area contributed by atoms with E-state index in [1.165, 1.54) is 13.2 Å². The predicted molar refractivity (Wildman–Crippen MR) is 118 cm³/mol. The lowest BCUT2D eigenvalue weighted by Crippen LogP contribution is -2.47. The molecular weight excluding hydrogens is 440 g/mol. The average molecular weight is 461 g/mol. The van der Waals surface area contributed by atoms with Crippen LogP contribution in [0.2, 0.25) is 5.02 Å². The van der Waals surface area contributed by atoms with Crippen LogP contribution in [0.1, 0.15) is 5.56 Å². The van der Waals surface area contributed by atoms with E-state index < -0.39 is 36.7 Å². The van der Waals surface area contributed by atoms with Gasteiger partial charge in [0.2, 0.25) is 5.91 Å². The third-order valence-electron chi connectivity index (χ3n) is 4.61. The van der Waals surface area contributed by atoms with E-state index in [0.717, 1.165) is 0 Å². The zero-order chi connectivity index (χ0) is 23.3. The van der Waals surface area contributed by atoms with Crippen LogP contribution in [-0.2, 0) is 9.59 Å². The smallest absolute Gasteiger partial charge is 0.355 e. The monoisotopic (exact) mass is 460 g/mol. The van der Waals surface area contributed by atoms with E-state index in [1.54, 1.807) is 43.3 Å². The van der Waals surface area contributed by atoms with Crippen LogP contribution in [0.15, 0.2) is 51.7 Å². The van der Waals surface area contributed by atoms with Gasteiger partial charge in [-0.15, -0.1) is 0 Å². The van der Waals surface area contributed by atoms with Crippen molar-refractivity contribution in [1.82, 2.24) is 5.32 Å². The van der Waals surface area contributed by atoms with Crippen LogP contribution in [-0.4, -0.2) is 43.3 Å². The lowest BCUT2D eigenvalue weighted by Gasteiger charge is -2.17. The Bertz CT molecular complexity index is 1210. The van der Waals surface area contributed by atoms with Crippen LogP contribution in [0.4, 0.5) is 5.69 Å². The molecule has 2 aromatic carbocycles. The summed E-state index contributed by atoms with van der Waals surface area (Å²) in [6, 6.07) is 10.2. The number of benzene rings is 2. The molecular formula is C22H21ClN2O7. The van der Waals surface area contributed by atoms with E-state index in [-0.39, 0.29) is 16.4 Å². The molecule has 32 heavy (non-hydrogen) atoms. The van der Waals surface area contributed by atoms with Gasteiger partial charge in [-0.05, 0) is 36.8 Å². The Morgan fingerprint density at radius 3 is 2.69 bits per heavy atom. The SMILES string of the molecule is COc1cccc(NC(=O)C(CO)NC(=O)COc2ccc3c(C)c(Cl)c(=O)oc3c2)c1. The number of aryl methyl sites for hydroxylation is 1. The van der Waals surface area contributed by atoms with Gasteiger partial charge in [0, 0.05) is 23.2 Å². The van der Waals surface area contributed by atoms with E-state index in [4.69, 9.17) is 25.5 Å². The highest BCUT2D eigenvalue weighted by Gasteiger charge is 2.20. The van der Waals surface area contributed by atoms with Crippen LogP contribution in [0.5, 0.6) is 11.5 Å². The average Bonchev–Trinajstić information content (AvgIpc) is 2.79. The summed E-state index contributed by atoms with van der Waals surface area (Å²) in [4.78, 5) is 36.3. The number of hydrogen-bond donors (Lipinski definition) is 3. The van der Waals surface area contributed by atoms with Crippen LogP contribution in [0.25, 0.3) is 11.0 Å². The zero-order valence-electron chi connectivity index (χ0n) is 17.3. The molecule has 0 radical (unpaired) electrons. The minimum Gasteiger partial charge on any atom is -0.497 e. The molecule has 3 aromatic rings.